The van der Waals surface area contributed by atoms with Crippen LogP contribution in [0.3, 0.4) is 0 Å². The third-order valence-electron chi connectivity index (χ3n) is 4.01. The molecule has 1 aliphatic rings. The second-order valence-corrected chi connectivity index (χ2v) is 6.77. The molecule has 7 heteroatoms. The monoisotopic (exact) mass is 381 g/mol. The highest BCUT2D eigenvalue weighted by atomic mass is 79.9. The van der Waals surface area contributed by atoms with Gasteiger partial charge in [0.2, 0.25) is 0 Å². The van der Waals surface area contributed by atoms with Gasteiger partial charge in [-0.2, -0.15) is 0 Å². The normalized spacial score (nSPS) is 16.3. The Balaban J connectivity index is 1.56. The molecule has 2 aromatic heterocycles. The number of furan rings is 1. The van der Waals surface area contributed by atoms with Gasteiger partial charge in [0.1, 0.15) is 5.76 Å². The first-order valence-corrected chi connectivity index (χ1v) is 8.53. The van der Waals surface area contributed by atoms with Crippen LogP contribution in [-0.2, 0) is 6.54 Å². The van der Waals surface area contributed by atoms with Crippen molar-refractivity contribution in [3.8, 4) is 0 Å². The van der Waals surface area contributed by atoms with E-state index in [-0.39, 0.29) is 5.91 Å². The predicted molar refractivity (Wildman–Crippen MR) is 88.2 cm³/mol. The molecule has 0 N–H and O–H groups in total. The lowest BCUT2D eigenvalue weighted by molar-refractivity contribution is 0.0594. The molecule has 0 aromatic carbocycles. The Hall–Kier alpha value is -1.60. The molecule has 3 heterocycles. The van der Waals surface area contributed by atoms with Crippen LogP contribution in [0, 0.1) is 0 Å². The van der Waals surface area contributed by atoms with Crippen molar-refractivity contribution < 1.29 is 13.6 Å². The summed E-state index contributed by atoms with van der Waals surface area (Å²) in [4.78, 5) is 20.8. The van der Waals surface area contributed by atoms with Crippen molar-refractivity contribution in [3.63, 3.8) is 0 Å². The van der Waals surface area contributed by atoms with Crippen LogP contribution in [0.15, 0.2) is 32.0 Å². The summed E-state index contributed by atoms with van der Waals surface area (Å²) in [7, 11) is 0. The first-order valence-electron chi connectivity index (χ1n) is 7.74. The highest BCUT2D eigenvalue weighted by molar-refractivity contribution is 9.10. The van der Waals surface area contributed by atoms with Crippen LogP contribution in [0.25, 0.3) is 0 Å². The molecule has 0 aliphatic carbocycles. The van der Waals surface area contributed by atoms with E-state index in [2.05, 4.69) is 39.7 Å². The zero-order valence-electron chi connectivity index (χ0n) is 13.3. The second-order valence-electron chi connectivity index (χ2n) is 5.99. The van der Waals surface area contributed by atoms with Crippen molar-refractivity contribution in [3.05, 3.63) is 40.4 Å². The number of carbonyl (C=O) groups excluding carboxylic acids is 1. The summed E-state index contributed by atoms with van der Waals surface area (Å²) < 4.78 is 11.4. The molecular weight excluding hydrogens is 362 g/mol. The molecule has 0 bridgehead atoms. The van der Waals surface area contributed by atoms with E-state index in [1.54, 1.807) is 12.1 Å². The van der Waals surface area contributed by atoms with Gasteiger partial charge in [0.15, 0.2) is 16.8 Å². The Morgan fingerprint density at radius 1 is 1.30 bits per heavy atom. The maximum atomic E-state index is 12.3. The van der Waals surface area contributed by atoms with Gasteiger partial charge in [-0.1, -0.05) is 13.8 Å². The number of nitrogens with zero attached hydrogens (tertiary/aromatic N) is 3. The lowest BCUT2D eigenvalue weighted by Gasteiger charge is -2.34. The smallest absolute Gasteiger partial charge is 0.289 e. The number of carbonyl (C=O) groups is 1. The molecule has 124 valence electrons. The van der Waals surface area contributed by atoms with E-state index in [4.69, 9.17) is 8.83 Å². The van der Waals surface area contributed by atoms with Crippen molar-refractivity contribution in [1.29, 1.82) is 0 Å². The highest BCUT2D eigenvalue weighted by Gasteiger charge is 2.25. The minimum Gasteiger partial charge on any atom is -0.448 e. The van der Waals surface area contributed by atoms with Crippen LogP contribution < -0.4 is 0 Å². The fraction of sp³-hybridized carbons (Fsp3) is 0.500. The number of aromatic nitrogens is 1. The maximum absolute atomic E-state index is 12.3. The van der Waals surface area contributed by atoms with E-state index in [9.17, 15) is 4.79 Å². The molecule has 1 amide bonds. The van der Waals surface area contributed by atoms with Crippen LogP contribution in [0.1, 0.15) is 41.8 Å². The minimum absolute atomic E-state index is 0.0559. The Kier molecular flexibility index (Phi) is 4.87. The van der Waals surface area contributed by atoms with Gasteiger partial charge in [-0.15, -0.1) is 0 Å². The fourth-order valence-corrected chi connectivity index (χ4v) is 3.08. The molecule has 6 nitrogen and oxygen atoms in total. The van der Waals surface area contributed by atoms with Crippen LogP contribution in [-0.4, -0.2) is 46.9 Å². The molecule has 1 fully saturated rings. The first kappa shape index (κ1) is 16.3. The van der Waals surface area contributed by atoms with Crippen molar-refractivity contribution in [2.24, 2.45) is 0 Å². The highest BCUT2D eigenvalue weighted by Crippen LogP contribution is 2.21. The number of piperazine rings is 1. The minimum atomic E-state index is -0.0559. The van der Waals surface area contributed by atoms with E-state index in [1.807, 2.05) is 4.90 Å². The average Bonchev–Trinajstić information content (AvgIpc) is 3.16. The quantitative estimate of drug-likeness (QED) is 0.813. The van der Waals surface area contributed by atoms with Gasteiger partial charge < -0.3 is 13.7 Å². The van der Waals surface area contributed by atoms with Crippen molar-refractivity contribution in [2.75, 3.05) is 26.2 Å². The van der Waals surface area contributed by atoms with Gasteiger partial charge in [-0.3, -0.25) is 9.69 Å². The summed E-state index contributed by atoms with van der Waals surface area (Å²) >= 11 is 3.22. The van der Waals surface area contributed by atoms with Crippen LogP contribution in [0.2, 0.25) is 0 Å². The Labute approximate surface area is 143 Å². The Morgan fingerprint density at radius 2 is 2.04 bits per heavy atom. The van der Waals surface area contributed by atoms with E-state index in [0.29, 0.717) is 29.4 Å². The maximum Gasteiger partial charge on any atom is 0.289 e. The predicted octanol–water partition coefficient (Wildman–Crippen LogP) is 3.11. The number of oxazole rings is 1. The molecule has 0 saturated carbocycles. The van der Waals surface area contributed by atoms with Crippen LogP contribution >= 0.6 is 15.9 Å². The van der Waals surface area contributed by atoms with Crippen LogP contribution in [0.5, 0.6) is 0 Å². The number of amides is 1. The molecule has 3 rings (SSSR count). The van der Waals surface area contributed by atoms with Crippen LogP contribution in [0.4, 0.5) is 0 Å². The molecule has 0 spiro atoms. The Bertz CT molecular complexity index is 672. The van der Waals surface area contributed by atoms with Crippen molar-refractivity contribution >= 4 is 21.8 Å². The number of rotatable bonds is 4. The van der Waals surface area contributed by atoms with Crippen molar-refractivity contribution in [1.82, 2.24) is 14.8 Å². The van der Waals surface area contributed by atoms with Gasteiger partial charge in [-0.05, 0) is 28.1 Å². The summed E-state index contributed by atoms with van der Waals surface area (Å²) in [5, 5.41) is 0. The zero-order chi connectivity index (χ0) is 16.4. The molecule has 2 aromatic rings. The van der Waals surface area contributed by atoms with Gasteiger partial charge in [0.05, 0.1) is 5.69 Å². The summed E-state index contributed by atoms with van der Waals surface area (Å²) in [5.41, 5.74) is 0.995. The number of hydrogen-bond acceptors (Lipinski definition) is 5. The summed E-state index contributed by atoms with van der Waals surface area (Å²) in [6, 6.07) is 3.44. The molecule has 23 heavy (non-hydrogen) atoms. The first-order chi connectivity index (χ1) is 11.0. The van der Waals surface area contributed by atoms with Gasteiger partial charge in [0.25, 0.3) is 5.91 Å². The van der Waals surface area contributed by atoms with E-state index >= 15 is 0 Å². The Morgan fingerprint density at radius 3 is 2.65 bits per heavy atom. The lowest BCUT2D eigenvalue weighted by Crippen LogP contribution is -2.48. The largest absolute Gasteiger partial charge is 0.448 e. The average molecular weight is 382 g/mol. The molecule has 0 unspecified atom stereocenters. The molecule has 0 radical (unpaired) electrons. The number of halogens is 1. The molecule has 1 saturated heterocycles. The number of hydrogen-bond donors (Lipinski definition) is 0. The lowest BCUT2D eigenvalue weighted by atomic mass is 10.1. The molecular formula is C16H20BrN3O3. The zero-order valence-corrected chi connectivity index (χ0v) is 14.9. The summed E-state index contributed by atoms with van der Waals surface area (Å²) in [6.45, 7) is 7.97. The second kappa shape index (κ2) is 6.88. The molecule has 1 aliphatic heterocycles. The van der Waals surface area contributed by atoms with Gasteiger partial charge in [-0.25, -0.2) is 4.98 Å². The van der Waals surface area contributed by atoms with Gasteiger partial charge >= 0.3 is 0 Å². The molecule has 0 atom stereocenters. The van der Waals surface area contributed by atoms with E-state index in [1.165, 1.54) is 6.39 Å². The van der Waals surface area contributed by atoms with E-state index in [0.717, 1.165) is 31.1 Å². The standard InChI is InChI=1S/C16H20BrN3O3/c1-11(2)15-12(18-10-22-15)9-19-5-7-20(8-6-19)16(21)13-3-4-14(17)23-13/h3-4,10-11H,5-9H2,1-2H3. The fourth-order valence-electron chi connectivity index (χ4n) is 2.77. The topological polar surface area (TPSA) is 62.7 Å². The third kappa shape index (κ3) is 3.67. The van der Waals surface area contributed by atoms with E-state index < -0.39 is 0 Å². The third-order valence-corrected chi connectivity index (χ3v) is 4.44. The SMILES string of the molecule is CC(C)c1ocnc1CN1CCN(C(=O)c2ccc(Br)o2)CC1. The summed E-state index contributed by atoms with van der Waals surface area (Å²) in [5.74, 6) is 1.60. The summed E-state index contributed by atoms with van der Waals surface area (Å²) in [6.07, 6.45) is 1.51. The van der Waals surface area contributed by atoms with Crippen molar-refractivity contribution in [2.45, 2.75) is 26.3 Å². The van der Waals surface area contributed by atoms with Gasteiger partial charge in [0, 0.05) is 38.6 Å².